The predicted molar refractivity (Wildman–Crippen MR) is 103 cm³/mol. The van der Waals surface area contributed by atoms with Crippen LogP contribution in [0, 0.1) is 0 Å². The van der Waals surface area contributed by atoms with Crippen LogP contribution in [0.3, 0.4) is 0 Å². The van der Waals surface area contributed by atoms with Crippen molar-refractivity contribution in [3.63, 3.8) is 0 Å². The molecule has 138 valence electrons. The van der Waals surface area contributed by atoms with Gasteiger partial charge in [0.2, 0.25) is 5.91 Å². The molecule has 0 aliphatic carbocycles. The van der Waals surface area contributed by atoms with Gasteiger partial charge in [-0.15, -0.1) is 0 Å². The molecular formula is C21H27N3O2. The van der Waals surface area contributed by atoms with Gasteiger partial charge in [-0.05, 0) is 22.8 Å². The summed E-state index contributed by atoms with van der Waals surface area (Å²) in [7, 11) is 0. The summed E-state index contributed by atoms with van der Waals surface area (Å²) in [4.78, 5) is 16.6. The molecule has 26 heavy (non-hydrogen) atoms. The minimum absolute atomic E-state index is 0.0999. The second kappa shape index (κ2) is 7.74. The summed E-state index contributed by atoms with van der Waals surface area (Å²) in [5, 5.41) is 16.4. The van der Waals surface area contributed by atoms with E-state index in [1.807, 2.05) is 17.0 Å². The molecule has 2 fully saturated rings. The van der Waals surface area contributed by atoms with Crippen molar-refractivity contribution in [2.75, 3.05) is 45.8 Å². The van der Waals surface area contributed by atoms with Crippen molar-refractivity contribution in [2.45, 2.75) is 18.4 Å². The van der Waals surface area contributed by atoms with Gasteiger partial charge in [-0.1, -0.05) is 42.5 Å². The Morgan fingerprint density at radius 1 is 1.08 bits per heavy atom. The standard InChI is InChI=1S/C21H27N3O2/c25-20-14-24(21(26)15-23-11-8-22-9-12-23)10-7-19(20)18-6-5-16-3-1-2-4-17(16)13-18/h1-6,13,19-20,22,25H,7-12,14-15H2/t19-,20+/m0/s1. The van der Waals surface area contributed by atoms with Crippen LogP contribution in [0.5, 0.6) is 0 Å². The van der Waals surface area contributed by atoms with Crippen LogP contribution in [0.4, 0.5) is 0 Å². The molecule has 2 N–H and O–H groups in total. The lowest BCUT2D eigenvalue weighted by atomic mass is 9.86. The molecule has 0 unspecified atom stereocenters. The van der Waals surface area contributed by atoms with E-state index >= 15 is 0 Å². The van der Waals surface area contributed by atoms with Crippen LogP contribution < -0.4 is 5.32 Å². The zero-order valence-corrected chi connectivity index (χ0v) is 15.1. The summed E-state index contributed by atoms with van der Waals surface area (Å²) in [6.45, 7) is 5.35. The summed E-state index contributed by atoms with van der Waals surface area (Å²) in [6.07, 6.45) is 0.309. The molecule has 0 bridgehead atoms. The van der Waals surface area contributed by atoms with Gasteiger partial charge >= 0.3 is 0 Å². The smallest absolute Gasteiger partial charge is 0.236 e. The molecule has 2 atom stereocenters. The number of piperidine rings is 1. The number of carbonyl (C=O) groups excluding carboxylic acids is 1. The lowest BCUT2D eigenvalue weighted by Gasteiger charge is -2.37. The highest BCUT2D eigenvalue weighted by molar-refractivity contribution is 5.83. The Labute approximate surface area is 154 Å². The van der Waals surface area contributed by atoms with E-state index in [9.17, 15) is 9.90 Å². The zero-order valence-electron chi connectivity index (χ0n) is 15.1. The topological polar surface area (TPSA) is 55.8 Å². The molecular weight excluding hydrogens is 326 g/mol. The maximum Gasteiger partial charge on any atom is 0.236 e. The predicted octanol–water partition coefficient (Wildman–Crippen LogP) is 1.42. The molecule has 0 aromatic heterocycles. The lowest BCUT2D eigenvalue weighted by Crippen LogP contribution is -2.51. The van der Waals surface area contributed by atoms with Gasteiger partial charge in [0, 0.05) is 45.2 Å². The fourth-order valence-corrected chi connectivity index (χ4v) is 4.15. The molecule has 2 aromatic carbocycles. The van der Waals surface area contributed by atoms with Crippen LogP contribution in [-0.4, -0.2) is 72.7 Å². The number of fused-ring (bicyclic) bond motifs is 1. The van der Waals surface area contributed by atoms with Gasteiger partial charge in [-0.2, -0.15) is 0 Å². The first-order valence-corrected chi connectivity index (χ1v) is 9.58. The maximum absolute atomic E-state index is 12.6. The highest BCUT2D eigenvalue weighted by Crippen LogP contribution is 2.30. The third kappa shape index (κ3) is 3.75. The van der Waals surface area contributed by atoms with Crippen molar-refractivity contribution >= 4 is 16.7 Å². The van der Waals surface area contributed by atoms with Crippen molar-refractivity contribution in [3.8, 4) is 0 Å². The maximum atomic E-state index is 12.6. The van der Waals surface area contributed by atoms with Crippen LogP contribution in [0.2, 0.25) is 0 Å². The third-order valence-corrected chi connectivity index (χ3v) is 5.70. The first-order chi connectivity index (χ1) is 12.7. The molecule has 4 rings (SSSR count). The van der Waals surface area contributed by atoms with Crippen LogP contribution in [-0.2, 0) is 4.79 Å². The van der Waals surface area contributed by atoms with Gasteiger partial charge in [-0.3, -0.25) is 9.69 Å². The van der Waals surface area contributed by atoms with Crippen molar-refractivity contribution in [1.82, 2.24) is 15.1 Å². The number of piperazine rings is 1. The number of aliphatic hydroxyl groups excluding tert-OH is 1. The van der Waals surface area contributed by atoms with Crippen LogP contribution >= 0.6 is 0 Å². The zero-order chi connectivity index (χ0) is 17.9. The number of likely N-dealkylation sites (tertiary alicyclic amines) is 1. The SMILES string of the molecule is O=C(CN1CCNCC1)N1CC[C@@H](c2ccc3ccccc3c2)[C@H](O)C1. The molecule has 5 nitrogen and oxygen atoms in total. The van der Waals surface area contributed by atoms with E-state index in [1.165, 1.54) is 16.3 Å². The lowest BCUT2D eigenvalue weighted by molar-refractivity contribution is -0.136. The van der Waals surface area contributed by atoms with E-state index in [-0.39, 0.29) is 11.8 Å². The number of nitrogens with zero attached hydrogens (tertiary/aromatic N) is 2. The summed E-state index contributed by atoms with van der Waals surface area (Å²) in [6, 6.07) is 14.7. The number of hydrogen-bond acceptors (Lipinski definition) is 4. The molecule has 1 amide bonds. The van der Waals surface area contributed by atoms with E-state index < -0.39 is 6.10 Å². The third-order valence-electron chi connectivity index (χ3n) is 5.70. The normalized spacial score (nSPS) is 24.7. The number of rotatable bonds is 3. The van der Waals surface area contributed by atoms with Crippen molar-refractivity contribution in [1.29, 1.82) is 0 Å². The van der Waals surface area contributed by atoms with E-state index in [4.69, 9.17) is 0 Å². The Morgan fingerprint density at radius 2 is 1.85 bits per heavy atom. The molecule has 2 heterocycles. The Kier molecular flexibility index (Phi) is 5.20. The quantitative estimate of drug-likeness (QED) is 0.876. The second-order valence-electron chi connectivity index (χ2n) is 7.44. The summed E-state index contributed by atoms with van der Waals surface area (Å²) >= 11 is 0. The van der Waals surface area contributed by atoms with E-state index in [1.54, 1.807) is 0 Å². The molecule has 2 aliphatic rings. The Morgan fingerprint density at radius 3 is 2.62 bits per heavy atom. The number of hydrogen-bond donors (Lipinski definition) is 2. The summed E-state index contributed by atoms with van der Waals surface area (Å²) < 4.78 is 0. The van der Waals surface area contributed by atoms with Crippen molar-refractivity contribution in [2.24, 2.45) is 0 Å². The van der Waals surface area contributed by atoms with E-state index in [0.29, 0.717) is 13.1 Å². The molecule has 0 radical (unpaired) electrons. The molecule has 5 heteroatoms. The molecule has 0 spiro atoms. The fourth-order valence-electron chi connectivity index (χ4n) is 4.15. The van der Waals surface area contributed by atoms with Gasteiger partial charge in [0.25, 0.3) is 0 Å². The fraction of sp³-hybridized carbons (Fsp3) is 0.476. The number of β-amino-alcohol motifs (C(OH)–C–C–N with tert-alkyl or cyclic N) is 1. The summed E-state index contributed by atoms with van der Waals surface area (Å²) in [5.74, 6) is 0.241. The Hall–Kier alpha value is -1.95. The monoisotopic (exact) mass is 353 g/mol. The first kappa shape index (κ1) is 17.5. The van der Waals surface area contributed by atoms with E-state index in [2.05, 4.69) is 40.5 Å². The van der Waals surface area contributed by atoms with Gasteiger partial charge in [0.05, 0.1) is 12.6 Å². The van der Waals surface area contributed by atoms with Gasteiger partial charge in [-0.25, -0.2) is 0 Å². The van der Waals surface area contributed by atoms with Crippen molar-refractivity contribution < 1.29 is 9.90 Å². The highest BCUT2D eigenvalue weighted by Gasteiger charge is 2.31. The van der Waals surface area contributed by atoms with Crippen molar-refractivity contribution in [3.05, 3.63) is 48.0 Å². The molecule has 2 aliphatic heterocycles. The Bertz CT molecular complexity index is 773. The Balaban J connectivity index is 1.40. The molecule has 2 saturated heterocycles. The molecule has 0 saturated carbocycles. The van der Waals surface area contributed by atoms with Crippen LogP contribution in [0.1, 0.15) is 17.9 Å². The van der Waals surface area contributed by atoms with Crippen LogP contribution in [0.25, 0.3) is 10.8 Å². The number of aliphatic hydroxyl groups is 1. The number of benzene rings is 2. The first-order valence-electron chi connectivity index (χ1n) is 9.58. The van der Waals surface area contributed by atoms with E-state index in [0.717, 1.165) is 39.1 Å². The summed E-state index contributed by atoms with van der Waals surface area (Å²) in [5.41, 5.74) is 1.17. The van der Waals surface area contributed by atoms with Gasteiger partial charge < -0.3 is 15.3 Å². The van der Waals surface area contributed by atoms with Gasteiger partial charge in [0.15, 0.2) is 0 Å². The second-order valence-corrected chi connectivity index (χ2v) is 7.44. The minimum atomic E-state index is -0.503. The average Bonchev–Trinajstić information content (AvgIpc) is 2.68. The number of amides is 1. The minimum Gasteiger partial charge on any atom is -0.391 e. The number of nitrogens with one attached hydrogen (secondary N) is 1. The van der Waals surface area contributed by atoms with Crippen LogP contribution in [0.15, 0.2) is 42.5 Å². The average molecular weight is 353 g/mol. The highest BCUT2D eigenvalue weighted by atomic mass is 16.3. The van der Waals surface area contributed by atoms with Gasteiger partial charge in [0.1, 0.15) is 0 Å². The number of carbonyl (C=O) groups is 1. The molecule has 2 aromatic rings. The largest absolute Gasteiger partial charge is 0.391 e.